The number of anilines is 4. The molecule has 0 saturated carbocycles. The van der Waals surface area contributed by atoms with Crippen molar-refractivity contribution < 1.29 is 20.8 Å². The molecule has 8 nitrogen and oxygen atoms in total. The average molecular weight is 485 g/mol. The highest BCUT2D eigenvalue weighted by molar-refractivity contribution is 5.80. The van der Waals surface area contributed by atoms with Gasteiger partial charge in [0, 0.05) is 25.4 Å². The molecule has 7 rings (SSSR count). The first kappa shape index (κ1) is 24.3. The zero-order valence-electron chi connectivity index (χ0n) is 21.0. The molecular formula is C27H40N4O4. The first-order chi connectivity index (χ1) is 17.0. The van der Waals surface area contributed by atoms with Crippen LogP contribution in [0.3, 0.4) is 0 Å². The number of hydrogen-bond donors (Lipinski definition) is 2. The molecule has 2 bridgehead atoms. The van der Waals surface area contributed by atoms with Crippen LogP contribution in [0.15, 0.2) is 36.5 Å². The maximum absolute atomic E-state index is 10.6. The second-order valence-electron chi connectivity index (χ2n) is 10.3. The van der Waals surface area contributed by atoms with E-state index >= 15 is 0 Å². The zero-order chi connectivity index (χ0) is 24.4. The molecule has 35 heavy (non-hydrogen) atoms. The third-order valence-corrected chi connectivity index (χ3v) is 7.17. The first-order valence-electron chi connectivity index (χ1n) is 12.9. The van der Waals surface area contributed by atoms with E-state index in [-0.39, 0.29) is 1.43 Å². The van der Waals surface area contributed by atoms with Gasteiger partial charge in [0.2, 0.25) is 0 Å². The topological polar surface area (TPSA) is 79.3 Å². The lowest BCUT2D eigenvalue weighted by Crippen LogP contribution is -2.54. The fourth-order valence-electron chi connectivity index (χ4n) is 5.29. The van der Waals surface area contributed by atoms with Crippen molar-refractivity contribution in [3.05, 3.63) is 42.1 Å². The number of benzene rings is 1. The molecule has 4 atom stereocenters. The number of ether oxygens (including phenoxy) is 3. The molecule has 4 fully saturated rings. The van der Waals surface area contributed by atoms with Crippen molar-refractivity contribution in [1.82, 2.24) is 4.98 Å². The SMILES string of the molecule is CC(C)O[C@H]1CC[C@H](C)OC1.ON1Cc2cccnc2Nc2ccc(N3C[C@@H]4CC[C@H]3CO4)cc21.[HH]. The highest BCUT2D eigenvalue weighted by Gasteiger charge is 2.35. The normalized spacial score (nSPS) is 27.3. The summed E-state index contributed by atoms with van der Waals surface area (Å²) in [6.07, 6.45) is 7.82. The largest absolute Gasteiger partial charge is 0.376 e. The van der Waals surface area contributed by atoms with Crippen LogP contribution in [0.1, 0.15) is 53.4 Å². The molecular weight excluding hydrogens is 444 g/mol. The van der Waals surface area contributed by atoms with Gasteiger partial charge >= 0.3 is 0 Å². The maximum atomic E-state index is 10.6. The molecule has 1 aromatic carbocycles. The van der Waals surface area contributed by atoms with E-state index in [1.807, 2.05) is 18.2 Å². The van der Waals surface area contributed by atoms with Gasteiger partial charge in [0.25, 0.3) is 0 Å². The van der Waals surface area contributed by atoms with E-state index in [9.17, 15) is 5.21 Å². The molecule has 6 heterocycles. The van der Waals surface area contributed by atoms with Crippen molar-refractivity contribution in [3.8, 4) is 0 Å². The summed E-state index contributed by atoms with van der Waals surface area (Å²) in [7, 11) is 0. The van der Waals surface area contributed by atoms with Crippen molar-refractivity contribution in [3.63, 3.8) is 0 Å². The molecule has 5 aliphatic rings. The van der Waals surface area contributed by atoms with Gasteiger partial charge in [0.05, 0.1) is 61.6 Å². The molecule has 0 amide bonds. The Morgan fingerprint density at radius 3 is 2.71 bits per heavy atom. The predicted molar refractivity (Wildman–Crippen MR) is 139 cm³/mol. The summed E-state index contributed by atoms with van der Waals surface area (Å²) < 4.78 is 16.9. The van der Waals surface area contributed by atoms with Gasteiger partial charge in [-0.05, 0) is 70.7 Å². The van der Waals surface area contributed by atoms with Crippen molar-refractivity contribution in [2.45, 2.75) is 83.5 Å². The smallest absolute Gasteiger partial charge is 0.135 e. The summed E-state index contributed by atoms with van der Waals surface area (Å²) in [4.78, 5) is 6.80. The van der Waals surface area contributed by atoms with Crippen LogP contribution in [0.4, 0.5) is 22.9 Å². The number of aromatic nitrogens is 1. The zero-order valence-corrected chi connectivity index (χ0v) is 21.0. The quantitative estimate of drug-likeness (QED) is 0.621. The van der Waals surface area contributed by atoms with Crippen LogP contribution in [0.5, 0.6) is 0 Å². The average Bonchev–Trinajstić information content (AvgIpc) is 3.01. The maximum Gasteiger partial charge on any atom is 0.135 e. The van der Waals surface area contributed by atoms with Crippen LogP contribution in [0, 0.1) is 0 Å². The minimum absolute atomic E-state index is 0. The Bertz CT molecular complexity index is 993. The van der Waals surface area contributed by atoms with Crippen LogP contribution >= 0.6 is 0 Å². The molecule has 2 N–H and O–H groups in total. The Hall–Kier alpha value is -2.39. The van der Waals surface area contributed by atoms with Gasteiger partial charge in [-0.15, -0.1) is 0 Å². The minimum Gasteiger partial charge on any atom is -0.376 e. The van der Waals surface area contributed by atoms with Gasteiger partial charge in [-0.25, -0.2) is 4.98 Å². The fraction of sp³-hybridized carbons (Fsp3) is 0.593. The third kappa shape index (κ3) is 5.72. The summed E-state index contributed by atoms with van der Waals surface area (Å²) in [5.41, 5.74) is 3.78. The van der Waals surface area contributed by atoms with Gasteiger partial charge in [-0.3, -0.25) is 10.3 Å². The second-order valence-corrected chi connectivity index (χ2v) is 10.3. The molecule has 0 radical (unpaired) electrons. The Balaban J connectivity index is 0.000000216. The summed E-state index contributed by atoms with van der Waals surface area (Å²) in [6.45, 7) is 9.19. The number of hydroxylamine groups is 1. The lowest BCUT2D eigenvalue weighted by Gasteiger charge is -2.46. The standard InChI is InChI=1S/C18H20N4O2.C9H18O2.H2/c23-22-9-12-2-1-7-19-18(12)20-16-6-4-13(8-17(16)22)21-10-15-5-3-14(21)11-24-15;1-7(2)11-9-5-4-8(3)10-6-9;/h1-2,4,6-8,14-15,23H,3,5,9-11H2,(H,19,20);7-9H,4-6H2,1-3H3;1H/t14-,15-;8-,9-;/m00./s1. The van der Waals surface area contributed by atoms with Crippen LogP contribution in [0.25, 0.3) is 0 Å². The fourth-order valence-corrected chi connectivity index (χ4v) is 5.29. The van der Waals surface area contributed by atoms with Crippen LogP contribution in [-0.2, 0) is 20.8 Å². The van der Waals surface area contributed by atoms with Crippen molar-refractivity contribution in [1.29, 1.82) is 0 Å². The van der Waals surface area contributed by atoms with E-state index in [2.05, 4.69) is 48.1 Å². The summed E-state index contributed by atoms with van der Waals surface area (Å²) in [5, 5.41) is 15.2. The number of hydrogen-bond acceptors (Lipinski definition) is 8. The molecule has 1 aromatic heterocycles. The highest BCUT2D eigenvalue weighted by Crippen LogP contribution is 2.39. The molecule has 0 aliphatic carbocycles. The monoisotopic (exact) mass is 484 g/mol. The second kappa shape index (κ2) is 10.7. The summed E-state index contributed by atoms with van der Waals surface area (Å²) in [6, 6.07) is 10.5. The lowest BCUT2D eigenvalue weighted by atomic mass is 9.96. The Morgan fingerprint density at radius 2 is 2.03 bits per heavy atom. The molecule has 8 heteroatoms. The number of pyridine rings is 1. The first-order valence-corrected chi connectivity index (χ1v) is 12.9. The number of piperidine rings is 1. The molecule has 192 valence electrons. The summed E-state index contributed by atoms with van der Waals surface area (Å²) >= 11 is 0. The lowest BCUT2D eigenvalue weighted by molar-refractivity contribution is -0.0972. The van der Waals surface area contributed by atoms with Crippen molar-refractivity contribution in [2.75, 3.05) is 35.0 Å². The number of rotatable bonds is 3. The number of nitrogens with zero attached hydrogens (tertiary/aromatic N) is 3. The molecule has 5 aliphatic heterocycles. The van der Waals surface area contributed by atoms with Crippen molar-refractivity contribution in [2.24, 2.45) is 0 Å². The third-order valence-electron chi connectivity index (χ3n) is 7.17. The van der Waals surface area contributed by atoms with Gasteiger partial charge in [-0.1, -0.05) is 6.07 Å². The number of nitrogens with one attached hydrogen (secondary N) is 1. The van der Waals surface area contributed by atoms with E-state index in [4.69, 9.17) is 14.2 Å². The van der Waals surface area contributed by atoms with Crippen LogP contribution in [0.2, 0.25) is 0 Å². The van der Waals surface area contributed by atoms with E-state index in [1.54, 1.807) is 6.20 Å². The summed E-state index contributed by atoms with van der Waals surface area (Å²) in [5.74, 6) is 0.800. The number of fused-ring (bicyclic) bond motifs is 5. The molecule has 0 spiro atoms. The highest BCUT2D eigenvalue weighted by atomic mass is 16.5. The minimum atomic E-state index is 0. The molecule has 0 unspecified atom stereocenters. The van der Waals surface area contributed by atoms with Crippen LogP contribution < -0.4 is 15.3 Å². The van der Waals surface area contributed by atoms with E-state index < -0.39 is 0 Å². The molecule has 2 aromatic rings. The van der Waals surface area contributed by atoms with E-state index in [0.717, 1.165) is 67.5 Å². The predicted octanol–water partition coefficient (Wildman–Crippen LogP) is 5.13. The molecule has 4 saturated heterocycles. The Morgan fingerprint density at radius 1 is 1.14 bits per heavy atom. The van der Waals surface area contributed by atoms with E-state index in [0.29, 0.717) is 37.0 Å². The van der Waals surface area contributed by atoms with Gasteiger partial charge in [0.15, 0.2) is 0 Å². The Labute approximate surface area is 209 Å². The van der Waals surface area contributed by atoms with Gasteiger partial charge in [-0.2, -0.15) is 0 Å². The van der Waals surface area contributed by atoms with Crippen molar-refractivity contribution >= 4 is 22.9 Å². The van der Waals surface area contributed by atoms with Gasteiger partial charge < -0.3 is 24.4 Å². The van der Waals surface area contributed by atoms with Gasteiger partial charge in [0.1, 0.15) is 5.82 Å². The Kier molecular flexibility index (Phi) is 7.43. The van der Waals surface area contributed by atoms with E-state index in [1.165, 1.54) is 11.5 Å². The van der Waals surface area contributed by atoms with Crippen LogP contribution in [-0.4, -0.2) is 60.4 Å². The number of morpholine rings is 1.